The van der Waals surface area contributed by atoms with Gasteiger partial charge < -0.3 is 19.4 Å². The highest BCUT2D eigenvalue weighted by Gasteiger charge is 2.26. The van der Waals surface area contributed by atoms with E-state index in [-0.39, 0.29) is 18.4 Å². The second kappa shape index (κ2) is 12.7. The number of hydrogen-bond acceptors (Lipinski definition) is 7. The average molecular weight is 522 g/mol. The first-order valence-electron chi connectivity index (χ1n) is 12.8. The number of anilines is 1. The average Bonchev–Trinajstić information content (AvgIpc) is 3.36. The quantitative estimate of drug-likeness (QED) is 0.414. The van der Waals surface area contributed by atoms with Crippen LogP contribution in [0.4, 0.5) is 5.82 Å². The molecule has 0 spiro atoms. The van der Waals surface area contributed by atoms with Crippen molar-refractivity contribution in [3.8, 4) is 17.0 Å². The molecule has 0 saturated carbocycles. The van der Waals surface area contributed by atoms with Crippen molar-refractivity contribution in [1.82, 2.24) is 20.0 Å². The SMILES string of the molecule is CCC(C)CN(CC(=O)N1CCCN(c2ccc(-c3cccc(OC)c3)nn2)CC1)C(=O)c1cccs1. The van der Waals surface area contributed by atoms with E-state index in [0.717, 1.165) is 42.2 Å². The van der Waals surface area contributed by atoms with Crippen LogP contribution in [-0.2, 0) is 4.79 Å². The van der Waals surface area contributed by atoms with Crippen LogP contribution in [0.15, 0.2) is 53.9 Å². The Morgan fingerprint density at radius 3 is 2.65 bits per heavy atom. The highest BCUT2D eigenvalue weighted by atomic mass is 32.1. The molecule has 4 rings (SSSR count). The molecular weight excluding hydrogens is 486 g/mol. The molecule has 8 nitrogen and oxygen atoms in total. The van der Waals surface area contributed by atoms with Crippen LogP contribution in [0, 0.1) is 5.92 Å². The Morgan fingerprint density at radius 2 is 1.95 bits per heavy atom. The first kappa shape index (κ1) is 26.6. The van der Waals surface area contributed by atoms with Gasteiger partial charge in [0.1, 0.15) is 12.3 Å². The third kappa shape index (κ3) is 6.85. The Bertz CT molecular complexity index is 1170. The Labute approximate surface area is 222 Å². The summed E-state index contributed by atoms with van der Waals surface area (Å²) in [5, 5.41) is 10.8. The van der Waals surface area contributed by atoms with Crippen molar-refractivity contribution < 1.29 is 14.3 Å². The van der Waals surface area contributed by atoms with E-state index in [1.807, 2.05) is 58.8 Å². The molecule has 1 unspecified atom stereocenters. The van der Waals surface area contributed by atoms with Gasteiger partial charge in [0.25, 0.3) is 5.91 Å². The second-order valence-electron chi connectivity index (χ2n) is 9.41. The van der Waals surface area contributed by atoms with Crippen LogP contribution >= 0.6 is 11.3 Å². The van der Waals surface area contributed by atoms with E-state index < -0.39 is 0 Å². The Hall–Kier alpha value is -3.46. The molecular formula is C28H35N5O3S. The Kier molecular flexibility index (Phi) is 9.11. The predicted molar refractivity (Wildman–Crippen MR) is 147 cm³/mol. The third-order valence-corrected chi connectivity index (χ3v) is 7.62. The smallest absolute Gasteiger partial charge is 0.264 e. The van der Waals surface area contributed by atoms with E-state index in [1.165, 1.54) is 11.3 Å². The molecule has 0 radical (unpaired) electrons. The fourth-order valence-corrected chi connectivity index (χ4v) is 5.06. The molecule has 196 valence electrons. The summed E-state index contributed by atoms with van der Waals surface area (Å²) in [5.74, 6) is 1.84. The summed E-state index contributed by atoms with van der Waals surface area (Å²) in [4.78, 5) is 32.8. The fourth-order valence-electron chi connectivity index (χ4n) is 4.37. The van der Waals surface area contributed by atoms with Gasteiger partial charge in [-0.2, -0.15) is 0 Å². The lowest BCUT2D eigenvalue weighted by atomic mass is 10.1. The van der Waals surface area contributed by atoms with Crippen LogP contribution in [0.25, 0.3) is 11.3 Å². The highest BCUT2D eigenvalue weighted by molar-refractivity contribution is 7.12. The van der Waals surface area contributed by atoms with Crippen LogP contribution < -0.4 is 9.64 Å². The molecule has 9 heteroatoms. The van der Waals surface area contributed by atoms with Gasteiger partial charge in [-0.15, -0.1) is 21.5 Å². The minimum absolute atomic E-state index is 0.00508. The van der Waals surface area contributed by atoms with Gasteiger partial charge in [0, 0.05) is 38.3 Å². The molecule has 2 aromatic heterocycles. The van der Waals surface area contributed by atoms with E-state index in [9.17, 15) is 9.59 Å². The standard InChI is InChI=1S/C28H35N5O3S/c1-4-21(2)19-33(28(35)25-10-6-17-37-25)20-27(34)32-14-7-13-31(15-16-32)26-12-11-24(29-30-26)22-8-5-9-23(18-22)36-3/h5-6,8-12,17-18,21H,4,7,13-16,19-20H2,1-3H3. The number of nitrogens with zero attached hydrogens (tertiary/aromatic N) is 5. The molecule has 2 amide bonds. The molecule has 1 aromatic carbocycles. The molecule has 1 fully saturated rings. The lowest BCUT2D eigenvalue weighted by Gasteiger charge is -2.28. The van der Waals surface area contributed by atoms with Crippen molar-refractivity contribution >= 4 is 29.0 Å². The first-order valence-corrected chi connectivity index (χ1v) is 13.7. The number of benzene rings is 1. The molecule has 1 aliphatic heterocycles. The molecule has 1 aliphatic rings. The summed E-state index contributed by atoms with van der Waals surface area (Å²) in [5.41, 5.74) is 1.73. The Morgan fingerprint density at radius 1 is 1.08 bits per heavy atom. The monoisotopic (exact) mass is 521 g/mol. The van der Waals surface area contributed by atoms with E-state index in [0.29, 0.717) is 37.0 Å². The van der Waals surface area contributed by atoms with Gasteiger partial charge in [0.15, 0.2) is 5.82 Å². The van der Waals surface area contributed by atoms with E-state index >= 15 is 0 Å². The fraction of sp³-hybridized carbons (Fsp3) is 0.429. The lowest BCUT2D eigenvalue weighted by molar-refractivity contribution is -0.131. The Balaban J connectivity index is 1.38. The van der Waals surface area contributed by atoms with Crippen molar-refractivity contribution in [2.75, 3.05) is 51.3 Å². The molecule has 1 atom stereocenters. The molecule has 3 aromatic rings. The first-order chi connectivity index (χ1) is 18.0. The molecule has 37 heavy (non-hydrogen) atoms. The van der Waals surface area contributed by atoms with Crippen molar-refractivity contribution in [3.05, 3.63) is 58.8 Å². The van der Waals surface area contributed by atoms with Crippen molar-refractivity contribution in [1.29, 1.82) is 0 Å². The van der Waals surface area contributed by atoms with Gasteiger partial charge >= 0.3 is 0 Å². The normalized spacial score (nSPS) is 14.7. The molecule has 0 N–H and O–H groups in total. The minimum Gasteiger partial charge on any atom is -0.497 e. The van der Waals surface area contributed by atoms with Gasteiger partial charge in [-0.1, -0.05) is 38.5 Å². The summed E-state index contributed by atoms with van der Waals surface area (Å²) in [7, 11) is 1.64. The van der Waals surface area contributed by atoms with Crippen molar-refractivity contribution in [3.63, 3.8) is 0 Å². The van der Waals surface area contributed by atoms with Gasteiger partial charge in [0.2, 0.25) is 5.91 Å². The van der Waals surface area contributed by atoms with Crippen molar-refractivity contribution in [2.45, 2.75) is 26.7 Å². The van der Waals surface area contributed by atoms with E-state index in [2.05, 4.69) is 28.9 Å². The number of methoxy groups -OCH3 is 1. The van der Waals surface area contributed by atoms with Crippen molar-refractivity contribution in [2.24, 2.45) is 5.92 Å². The highest BCUT2D eigenvalue weighted by Crippen LogP contribution is 2.23. The minimum atomic E-state index is -0.0634. The predicted octanol–water partition coefficient (Wildman–Crippen LogP) is 4.44. The molecule has 1 saturated heterocycles. The summed E-state index contributed by atoms with van der Waals surface area (Å²) in [6.07, 6.45) is 1.79. The summed E-state index contributed by atoms with van der Waals surface area (Å²) in [6.45, 7) is 7.62. The number of amides is 2. The van der Waals surface area contributed by atoms with Crippen LogP contribution in [-0.4, -0.2) is 78.2 Å². The number of carbonyl (C=O) groups excluding carboxylic acids is 2. The van der Waals surface area contributed by atoms with Crippen LogP contribution in [0.5, 0.6) is 5.75 Å². The largest absolute Gasteiger partial charge is 0.497 e. The van der Waals surface area contributed by atoms with E-state index in [4.69, 9.17) is 4.74 Å². The number of carbonyl (C=O) groups is 2. The van der Waals surface area contributed by atoms with E-state index in [1.54, 1.807) is 12.0 Å². The number of hydrogen-bond donors (Lipinski definition) is 0. The second-order valence-corrected chi connectivity index (χ2v) is 10.4. The lowest BCUT2D eigenvalue weighted by Crippen LogP contribution is -2.45. The topological polar surface area (TPSA) is 78.9 Å². The summed E-state index contributed by atoms with van der Waals surface area (Å²) < 4.78 is 5.31. The van der Waals surface area contributed by atoms with Gasteiger partial charge in [0.05, 0.1) is 17.7 Å². The third-order valence-electron chi connectivity index (χ3n) is 6.76. The van der Waals surface area contributed by atoms with Crippen LogP contribution in [0.2, 0.25) is 0 Å². The van der Waals surface area contributed by atoms with Gasteiger partial charge in [-0.25, -0.2) is 0 Å². The number of aromatic nitrogens is 2. The molecule has 0 bridgehead atoms. The molecule has 0 aliphatic carbocycles. The summed E-state index contributed by atoms with van der Waals surface area (Å²) >= 11 is 1.42. The molecule has 3 heterocycles. The summed E-state index contributed by atoms with van der Waals surface area (Å²) in [6, 6.07) is 15.4. The maximum Gasteiger partial charge on any atom is 0.264 e. The maximum atomic E-state index is 13.3. The number of rotatable bonds is 9. The van der Waals surface area contributed by atoms with Gasteiger partial charge in [-0.3, -0.25) is 9.59 Å². The van der Waals surface area contributed by atoms with Crippen LogP contribution in [0.1, 0.15) is 36.4 Å². The number of ether oxygens (including phenoxy) is 1. The zero-order valence-electron chi connectivity index (χ0n) is 21.8. The zero-order valence-corrected chi connectivity index (χ0v) is 22.6. The van der Waals surface area contributed by atoms with Gasteiger partial charge in [-0.05, 0) is 48.1 Å². The zero-order chi connectivity index (χ0) is 26.2. The maximum absolute atomic E-state index is 13.3. The van der Waals surface area contributed by atoms with Crippen LogP contribution in [0.3, 0.4) is 0 Å². The number of thiophene rings is 1.